The van der Waals surface area contributed by atoms with Crippen LogP contribution in [0.1, 0.15) is 38.2 Å². The number of aromatic nitrogens is 4. The van der Waals surface area contributed by atoms with E-state index >= 15 is 0 Å². The highest BCUT2D eigenvalue weighted by atomic mass is 16.2. The van der Waals surface area contributed by atoms with Gasteiger partial charge in [-0.25, -0.2) is 14.4 Å². The van der Waals surface area contributed by atoms with Crippen LogP contribution in [0.5, 0.6) is 0 Å². The Kier molecular flexibility index (Phi) is 4.94. The second-order valence-corrected chi connectivity index (χ2v) is 8.88. The van der Waals surface area contributed by atoms with Crippen molar-refractivity contribution in [3.8, 4) is 0 Å². The van der Waals surface area contributed by atoms with Crippen molar-refractivity contribution in [2.75, 3.05) is 20.1 Å². The van der Waals surface area contributed by atoms with E-state index in [1.807, 2.05) is 4.68 Å². The zero-order chi connectivity index (χ0) is 20.8. The van der Waals surface area contributed by atoms with Crippen molar-refractivity contribution in [3.05, 3.63) is 63.1 Å². The van der Waals surface area contributed by atoms with Crippen LogP contribution in [0, 0.1) is 5.92 Å². The van der Waals surface area contributed by atoms with Crippen molar-refractivity contribution < 1.29 is 0 Å². The van der Waals surface area contributed by atoms with E-state index in [1.54, 1.807) is 10.9 Å². The van der Waals surface area contributed by atoms with Crippen LogP contribution in [-0.4, -0.2) is 38.9 Å². The van der Waals surface area contributed by atoms with Crippen molar-refractivity contribution >= 4 is 11.2 Å². The molecule has 0 N–H and O–H groups in total. The molecular formula is C22H30N5O2+. The molecule has 1 saturated heterocycles. The first kappa shape index (κ1) is 19.6. The molecule has 0 spiro atoms. The summed E-state index contributed by atoms with van der Waals surface area (Å²) >= 11 is 0. The summed E-state index contributed by atoms with van der Waals surface area (Å²) in [5.41, 5.74) is 1.81. The number of quaternary nitrogens is 1. The van der Waals surface area contributed by atoms with E-state index in [4.69, 9.17) is 0 Å². The molecule has 7 heteroatoms. The molecule has 2 aromatic heterocycles. The van der Waals surface area contributed by atoms with Crippen molar-refractivity contribution in [1.82, 2.24) is 23.4 Å². The van der Waals surface area contributed by atoms with Gasteiger partial charge >= 0.3 is 5.69 Å². The van der Waals surface area contributed by atoms with Gasteiger partial charge in [0.1, 0.15) is 19.4 Å². The molecule has 3 aromatic rings. The third-order valence-electron chi connectivity index (χ3n) is 6.26. The summed E-state index contributed by atoms with van der Waals surface area (Å²) in [6.07, 6.45) is 3.85. The lowest BCUT2D eigenvalue weighted by atomic mass is 9.89. The molecule has 3 heterocycles. The number of piperidine rings is 1. The summed E-state index contributed by atoms with van der Waals surface area (Å²) in [6.45, 7) is 6.56. The van der Waals surface area contributed by atoms with Gasteiger partial charge in [-0.3, -0.25) is 13.9 Å². The zero-order valence-electron chi connectivity index (χ0n) is 17.7. The van der Waals surface area contributed by atoms with Crippen LogP contribution in [-0.2, 0) is 13.6 Å². The van der Waals surface area contributed by atoms with Crippen LogP contribution >= 0.6 is 0 Å². The molecule has 7 nitrogen and oxygen atoms in total. The Hall–Kier alpha value is -2.67. The molecule has 1 aliphatic heterocycles. The number of imidazole rings is 1. The predicted octanol–water partition coefficient (Wildman–Crippen LogP) is 2.20. The van der Waals surface area contributed by atoms with Crippen molar-refractivity contribution in [3.63, 3.8) is 0 Å². The normalized spacial score (nSPS) is 22.4. The lowest BCUT2D eigenvalue weighted by Crippen LogP contribution is -2.59. The molecular weight excluding hydrogens is 366 g/mol. The van der Waals surface area contributed by atoms with Gasteiger partial charge < -0.3 is 0 Å². The SMILES string of the molecule is CC(C)Cn1c(=O)n(C)c(=O)c2ncn([N+]3(C)CCC(c4ccccc4)CC3)c21. The number of benzene rings is 1. The van der Waals surface area contributed by atoms with Gasteiger partial charge in [0.25, 0.3) is 5.56 Å². The van der Waals surface area contributed by atoms with Crippen LogP contribution in [0.2, 0.25) is 0 Å². The Balaban J connectivity index is 1.76. The molecule has 4 rings (SSSR count). The van der Waals surface area contributed by atoms with Gasteiger partial charge in [0.15, 0.2) is 5.52 Å². The summed E-state index contributed by atoms with van der Waals surface area (Å²) in [4.78, 5) is 30.0. The molecule has 0 atom stereocenters. The van der Waals surface area contributed by atoms with Gasteiger partial charge in [0.2, 0.25) is 5.65 Å². The van der Waals surface area contributed by atoms with E-state index in [9.17, 15) is 9.59 Å². The number of nitrogens with zero attached hydrogens (tertiary/aromatic N) is 5. The first-order valence-electron chi connectivity index (χ1n) is 10.4. The van der Waals surface area contributed by atoms with Crippen molar-refractivity contribution in [1.29, 1.82) is 0 Å². The van der Waals surface area contributed by atoms with Crippen molar-refractivity contribution in [2.45, 2.75) is 39.2 Å². The molecule has 1 aromatic carbocycles. The molecule has 1 fully saturated rings. The predicted molar refractivity (Wildman–Crippen MR) is 116 cm³/mol. The molecule has 0 bridgehead atoms. The topological polar surface area (TPSA) is 61.8 Å². The van der Waals surface area contributed by atoms with Crippen LogP contribution in [0.15, 0.2) is 46.2 Å². The average molecular weight is 397 g/mol. The maximum Gasteiger partial charge on any atom is 0.332 e. The standard InChI is InChI=1S/C22H30N5O2/c1-16(2)14-25-20-19(21(28)24(3)22(25)29)23-15-26(20)27(4)12-10-18(11-13-27)17-8-6-5-7-9-17/h5-9,15-16,18H,10-14H2,1-4H3/q+1. The fourth-order valence-electron chi connectivity index (χ4n) is 4.53. The highest BCUT2D eigenvalue weighted by Crippen LogP contribution is 2.30. The Morgan fingerprint density at radius 2 is 1.79 bits per heavy atom. The lowest BCUT2D eigenvalue weighted by molar-refractivity contribution is 0.123. The van der Waals surface area contributed by atoms with E-state index in [-0.39, 0.29) is 17.2 Å². The third-order valence-corrected chi connectivity index (χ3v) is 6.26. The van der Waals surface area contributed by atoms with E-state index < -0.39 is 0 Å². The lowest BCUT2D eigenvalue weighted by Gasteiger charge is -2.40. The van der Waals surface area contributed by atoms with Crippen LogP contribution in [0.3, 0.4) is 0 Å². The first-order chi connectivity index (χ1) is 13.8. The Morgan fingerprint density at radius 1 is 1.14 bits per heavy atom. The summed E-state index contributed by atoms with van der Waals surface area (Å²) in [5, 5.41) is 0. The fraction of sp³-hybridized carbons (Fsp3) is 0.500. The Labute approximate surface area is 170 Å². The maximum absolute atomic E-state index is 12.9. The molecule has 154 valence electrons. The quantitative estimate of drug-likeness (QED) is 0.635. The first-order valence-corrected chi connectivity index (χ1v) is 10.4. The van der Waals surface area contributed by atoms with Gasteiger partial charge in [0, 0.05) is 26.4 Å². The zero-order valence-corrected chi connectivity index (χ0v) is 17.7. The van der Waals surface area contributed by atoms with Crippen LogP contribution in [0.25, 0.3) is 11.2 Å². The summed E-state index contributed by atoms with van der Waals surface area (Å²) in [5.74, 6) is 0.828. The van der Waals surface area contributed by atoms with Crippen LogP contribution in [0.4, 0.5) is 0 Å². The fourth-order valence-corrected chi connectivity index (χ4v) is 4.53. The minimum absolute atomic E-state index is 0.274. The molecule has 0 unspecified atom stereocenters. The van der Waals surface area contributed by atoms with E-state index in [0.29, 0.717) is 28.2 Å². The molecule has 1 aliphatic rings. The Bertz CT molecular complexity index is 1130. The minimum atomic E-state index is -0.325. The average Bonchev–Trinajstić information content (AvgIpc) is 3.17. The summed E-state index contributed by atoms with van der Waals surface area (Å²) in [7, 11) is 3.70. The number of likely N-dealkylation sites (tertiary alicyclic amines) is 1. The highest BCUT2D eigenvalue weighted by Gasteiger charge is 2.35. The maximum atomic E-state index is 12.9. The number of hydrogen-bond donors (Lipinski definition) is 0. The smallest absolute Gasteiger partial charge is 0.273 e. The molecule has 0 saturated carbocycles. The van der Waals surface area contributed by atoms with Gasteiger partial charge in [-0.05, 0) is 17.4 Å². The number of rotatable bonds is 4. The van der Waals surface area contributed by atoms with E-state index in [2.05, 4.69) is 56.2 Å². The van der Waals surface area contributed by atoms with Gasteiger partial charge in [-0.2, -0.15) is 4.68 Å². The summed E-state index contributed by atoms with van der Waals surface area (Å²) < 4.78 is 5.57. The van der Waals surface area contributed by atoms with Gasteiger partial charge in [-0.15, -0.1) is 0 Å². The molecule has 0 amide bonds. The van der Waals surface area contributed by atoms with E-state index in [0.717, 1.165) is 25.9 Å². The second kappa shape index (κ2) is 7.30. The largest absolute Gasteiger partial charge is 0.332 e. The van der Waals surface area contributed by atoms with Gasteiger partial charge in [0.05, 0.1) is 7.05 Å². The second-order valence-electron chi connectivity index (χ2n) is 8.88. The third kappa shape index (κ3) is 3.33. The van der Waals surface area contributed by atoms with E-state index in [1.165, 1.54) is 17.2 Å². The summed E-state index contributed by atoms with van der Waals surface area (Å²) in [6, 6.07) is 10.7. The monoisotopic (exact) mass is 396 g/mol. The van der Waals surface area contributed by atoms with Gasteiger partial charge in [-0.1, -0.05) is 44.2 Å². The minimum Gasteiger partial charge on any atom is -0.273 e. The number of fused-ring (bicyclic) bond motifs is 1. The molecule has 29 heavy (non-hydrogen) atoms. The van der Waals surface area contributed by atoms with Crippen LogP contribution < -0.4 is 15.8 Å². The molecule has 0 radical (unpaired) electrons. The Morgan fingerprint density at radius 3 is 2.41 bits per heavy atom. The van der Waals surface area contributed by atoms with Crippen molar-refractivity contribution in [2.24, 2.45) is 13.0 Å². The molecule has 0 aliphatic carbocycles. The number of hydrogen-bond acceptors (Lipinski definition) is 3. The highest BCUT2D eigenvalue weighted by molar-refractivity contribution is 5.70.